The van der Waals surface area contributed by atoms with E-state index in [1.165, 1.54) is 18.4 Å². The number of thiophene rings is 1. The van der Waals surface area contributed by atoms with Gasteiger partial charge in [0.15, 0.2) is 0 Å². The Morgan fingerprint density at radius 3 is 2.75 bits per heavy atom. The lowest BCUT2D eigenvalue weighted by molar-refractivity contribution is 0.100. The molecule has 0 radical (unpaired) electrons. The largest absolute Gasteiger partial charge is 0.397 e. The first-order valence-electron chi connectivity index (χ1n) is 6.62. The van der Waals surface area contributed by atoms with Crippen molar-refractivity contribution in [2.24, 2.45) is 5.73 Å². The third kappa shape index (κ3) is 2.63. The molecule has 5 heteroatoms. The Balaban J connectivity index is 1.94. The van der Waals surface area contributed by atoms with Gasteiger partial charge in [0.25, 0.3) is 0 Å². The van der Waals surface area contributed by atoms with Crippen molar-refractivity contribution in [2.75, 3.05) is 10.6 Å². The number of amides is 1. The summed E-state index contributed by atoms with van der Waals surface area (Å²) in [4.78, 5) is 13.6. The summed E-state index contributed by atoms with van der Waals surface area (Å²) < 4.78 is 0. The van der Waals surface area contributed by atoms with Gasteiger partial charge in [-0.25, -0.2) is 0 Å². The van der Waals surface area contributed by atoms with Gasteiger partial charge >= 0.3 is 0 Å². The van der Waals surface area contributed by atoms with Crippen LogP contribution >= 0.6 is 11.3 Å². The van der Waals surface area contributed by atoms with Gasteiger partial charge in [-0.3, -0.25) is 4.79 Å². The van der Waals surface area contributed by atoms with Crippen LogP contribution in [0, 0.1) is 0 Å². The summed E-state index contributed by atoms with van der Waals surface area (Å²) in [6, 6.07) is 7.88. The summed E-state index contributed by atoms with van der Waals surface area (Å²) in [5, 5.41) is 4.22. The normalized spacial score (nSPS) is 14.2. The summed E-state index contributed by atoms with van der Waals surface area (Å²) >= 11 is 1.69. The predicted octanol–water partition coefficient (Wildman–Crippen LogP) is 2.60. The number of carbonyl (C=O) groups excluding carboxylic acids is 1. The summed E-state index contributed by atoms with van der Waals surface area (Å²) in [5.41, 5.74) is 14.8. The van der Waals surface area contributed by atoms with E-state index in [9.17, 15) is 4.79 Å². The molecule has 4 nitrogen and oxygen atoms in total. The quantitative estimate of drug-likeness (QED) is 0.830. The van der Waals surface area contributed by atoms with Crippen LogP contribution in [0.3, 0.4) is 0 Å². The molecular weight excluding hydrogens is 270 g/mol. The number of carbonyl (C=O) groups is 1. The van der Waals surface area contributed by atoms with Crippen molar-refractivity contribution >= 4 is 28.6 Å². The lowest BCUT2D eigenvalue weighted by Gasteiger charge is -2.26. The highest BCUT2D eigenvalue weighted by atomic mass is 32.1. The second kappa shape index (κ2) is 5.17. The van der Waals surface area contributed by atoms with E-state index < -0.39 is 5.91 Å². The van der Waals surface area contributed by atoms with Crippen LogP contribution in [0.1, 0.15) is 28.8 Å². The van der Waals surface area contributed by atoms with Crippen LogP contribution in [-0.2, 0) is 6.54 Å². The van der Waals surface area contributed by atoms with Gasteiger partial charge in [0.05, 0.1) is 11.4 Å². The molecule has 3 rings (SSSR count). The van der Waals surface area contributed by atoms with E-state index in [-0.39, 0.29) is 0 Å². The van der Waals surface area contributed by atoms with Gasteiger partial charge < -0.3 is 16.4 Å². The SMILES string of the molecule is NC(=O)c1ccc(N)c(N(Cc2ccsc2)C2CC2)c1. The van der Waals surface area contributed by atoms with Gasteiger partial charge in [-0.15, -0.1) is 0 Å². The Hall–Kier alpha value is -2.01. The molecule has 1 aromatic heterocycles. The number of rotatable bonds is 5. The van der Waals surface area contributed by atoms with Crippen LogP contribution in [-0.4, -0.2) is 11.9 Å². The molecule has 0 spiro atoms. The van der Waals surface area contributed by atoms with Gasteiger partial charge in [-0.2, -0.15) is 11.3 Å². The number of anilines is 2. The van der Waals surface area contributed by atoms with Crippen LogP contribution in [0.2, 0.25) is 0 Å². The summed E-state index contributed by atoms with van der Waals surface area (Å²) in [6.45, 7) is 0.820. The van der Waals surface area contributed by atoms with Crippen molar-refractivity contribution < 1.29 is 4.79 Å². The fraction of sp³-hybridized carbons (Fsp3) is 0.267. The first-order chi connectivity index (χ1) is 9.65. The van der Waals surface area contributed by atoms with Gasteiger partial charge in [0, 0.05) is 18.2 Å². The zero-order valence-electron chi connectivity index (χ0n) is 11.1. The molecule has 0 aliphatic heterocycles. The van der Waals surface area contributed by atoms with E-state index in [1.807, 2.05) is 6.07 Å². The maximum atomic E-state index is 11.4. The minimum absolute atomic E-state index is 0.419. The number of benzene rings is 1. The van der Waals surface area contributed by atoms with E-state index in [2.05, 4.69) is 21.7 Å². The van der Waals surface area contributed by atoms with Crippen molar-refractivity contribution in [1.29, 1.82) is 0 Å². The number of hydrogen-bond acceptors (Lipinski definition) is 4. The first kappa shape index (κ1) is 13.0. The molecule has 1 aromatic carbocycles. The van der Waals surface area contributed by atoms with Crippen molar-refractivity contribution in [3.05, 3.63) is 46.2 Å². The van der Waals surface area contributed by atoms with Gasteiger partial charge in [0.1, 0.15) is 0 Å². The average molecular weight is 287 g/mol. The van der Waals surface area contributed by atoms with Crippen molar-refractivity contribution in [1.82, 2.24) is 0 Å². The van der Waals surface area contributed by atoms with Crippen LogP contribution in [0.4, 0.5) is 11.4 Å². The molecule has 2 aromatic rings. The predicted molar refractivity (Wildman–Crippen MR) is 82.9 cm³/mol. The number of hydrogen-bond donors (Lipinski definition) is 2. The standard InChI is InChI=1S/C15H17N3OS/c16-13-4-1-11(15(17)19)7-14(13)18(12-2-3-12)8-10-5-6-20-9-10/h1,4-7,9,12H,2-3,8,16H2,(H2,17,19). The van der Waals surface area contributed by atoms with Crippen LogP contribution in [0.25, 0.3) is 0 Å². The maximum Gasteiger partial charge on any atom is 0.248 e. The Morgan fingerprint density at radius 2 is 2.15 bits per heavy atom. The second-order valence-electron chi connectivity index (χ2n) is 5.13. The van der Waals surface area contributed by atoms with Crippen molar-refractivity contribution in [3.8, 4) is 0 Å². The molecule has 1 aliphatic carbocycles. The summed E-state index contributed by atoms with van der Waals surface area (Å²) in [6.07, 6.45) is 2.34. The fourth-order valence-corrected chi connectivity index (χ4v) is 2.98. The number of nitrogens with zero attached hydrogens (tertiary/aromatic N) is 1. The molecule has 0 bridgehead atoms. The van der Waals surface area contributed by atoms with Crippen molar-refractivity contribution in [3.63, 3.8) is 0 Å². The van der Waals surface area contributed by atoms with Gasteiger partial charge in [-0.05, 0) is 53.4 Å². The Labute approximate surface area is 122 Å². The second-order valence-corrected chi connectivity index (χ2v) is 5.91. The molecular formula is C15H17N3OS. The Kier molecular flexibility index (Phi) is 3.36. The molecule has 1 heterocycles. The number of nitrogens with two attached hydrogens (primary N) is 2. The van der Waals surface area contributed by atoms with Crippen LogP contribution < -0.4 is 16.4 Å². The fourth-order valence-electron chi connectivity index (χ4n) is 2.32. The molecule has 0 atom stereocenters. The van der Waals surface area contributed by atoms with Gasteiger partial charge in [0.2, 0.25) is 5.91 Å². The first-order valence-corrected chi connectivity index (χ1v) is 7.56. The van der Waals surface area contributed by atoms with Crippen molar-refractivity contribution in [2.45, 2.75) is 25.4 Å². The molecule has 4 N–H and O–H groups in total. The third-order valence-corrected chi connectivity index (χ3v) is 4.28. The Bertz CT molecular complexity index is 620. The monoisotopic (exact) mass is 287 g/mol. The van der Waals surface area contributed by atoms with E-state index in [4.69, 9.17) is 11.5 Å². The molecule has 0 saturated heterocycles. The smallest absolute Gasteiger partial charge is 0.248 e. The zero-order chi connectivity index (χ0) is 14.1. The zero-order valence-corrected chi connectivity index (χ0v) is 11.9. The molecule has 104 valence electrons. The van der Waals surface area contributed by atoms with Gasteiger partial charge in [-0.1, -0.05) is 0 Å². The lowest BCUT2D eigenvalue weighted by Crippen LogP contribution is -2.26. The number of primary amides is 1. The van der Waals surface area contributed by atoms with E-state index in [1.54, 1.807) is 23.5 Å². The van der Waals surface area contributed by atoms with E-state index in [0.717, 1.165) is 12.2 Å². The van der Waals surface area contributed by atoms with E-state index in [0.29, 0.717) is 17.3 Å². The minimum Gasteiger partial charge on any atom is -0.397 e. The lowest BCUT2D eigenvalue weighted by atomic mass is 10.1. The molecule has 1 saturated carbocycles. The average Bonchev–Trinajstić information content (AvgIpc) is 3.14. The molecule has 1 aliphatic rings. The van der Waals surface area contributed by atoms with E-state index >= 15 is 0 Å². The highest BCUT2D eigenvalue weighted by Crippen LogP contribution is 2.36. The molecule has 1 fully saturated rings. The highest BCUT2D eigenvalue weighted by molar-refractivity contribution is 7.07. The third-order valence-electron chi connectivity index (χ3n) is 3.55. The maximum absolute atomic E-state index is 11.4. The Morgan fingerprint density at radius 1 is 1.35 bits per heavy atom. The molecule has 1 amide bonds. The number of nitrogen functional groups attached to an aromatic ring is 1. The minimum atomic E-state index is -0.419. The van der Waals surface area contributed by atoms with Crippen LogP contribution in [0.15, 0.2) is 35.0 Å². The molecule has 0 unspecified atom stereocenters. The summed E-state index contributed by atoms with van der Waals surface area (Å²) in [5.74, 6) is -0.419. The summed E-state index contributed by atoms with van der Waals surface area (Å²) in [7, 11) is 0. The van der Waals surface area contributed by atoms with Crippen LogP contribution in [0.5, 0.6) is 0 Å². The molecule has 20 heavy (non-hydrogen) atoms. The topological polar surface area (TPSA) is 72.3 Å². The highest BCUT2D eigenvalue weighted by Gasteiger charge is 2.30.